The van der Waals surface area contributed by atoms with Crippen LogP contribution in [0, 0.1) is 0 Å². The lowest BCUT2D eigenvalue weighted by Crippen LogP contribution is -2.05. The molecule has 4 aromatic heterocycles. The average Bonchev–Trinajstić information content (AvgIpc) is 3.53. The van der Waals surface area contributed by atoms with Crippen molar-refractivity contribution in [2.75, 3.05) is 7.11 Å². The molecule has 33 heavy (non-hydrogen) atoms. The lowest BCUT2D eigenvalue weighted by Gasteiger charge is -2.12. The Bertz CT molecular complexity index is 1340. The maximum absolute atomic E-state index is 13.2. The third-order valence-electron chi connectivity index (χ3n) is 5.10. The maximum Gasteiger partial charge on any atom is 0.434 e. The van der Waals surface area contributed by atoms with Crippen LogP contribution in [0.4, 0.5) is 13.2 Å². The van der Waals surface area contributed by atoms with E-state index in [1.807, 2.05) is 0 Å². The summed E-state index contributed by atoms with van der Waals surface area (Å²) in [6.45, 7) is 0.0264. The number of fused-ring (bicyclic) bond motifs is 1. The minimum atomic E-state index is -4.54. The van der Waals surface area contributed by atoms with E-state index in [0.717, 1.165) is 19.0 Å². The first-order valence-corrected chi connectivity index (χ1v) is 10.3. The molecule has 1 saturated carbocycles. The molecule has 0 bridgehead atoms. The van der Waals surface area contributed by atoms with Crippen molar-refractivity contribution in [2.45, 2.75) is 31.7 Å². The summed E-state index contributed by atoms with van der Waals surface area (Å²) in [6, 6.07) is 6.73. The number of rotatable bonds is 6. The molecule has 1 aliphatic carbocycles. The van der Waals surface area contributed by atoms with E-state index in [2.05, 4.69) is 24.9 Å². The van der Waals surface area contributed by atoms with Gasteiger partial charge >= 0.3 is 6.18 Å². The highest BCUT2D eigenvalue weighted by Gasteiger charge is 2.37. The number of aromatic nitrogens is 6. The third kappa shape index (κ3) is 4.28. The second-order valence-corrected chi connectivity index (χ2v) is 7.75. The van der Waals surface area contributed by atoms with E-state index in [4.69, 9.17) is 21.1 Å². The molecule has 12 heteroatoms. The minimum Gasteiger partial charge on any atom is -0.481 e. The molecule has 1 fully saturated rings. The number of imidazole rings is 1. The van der Waals surface area contributed by atoms with Crippen molar-refractivity contribution in [3.63, 3.8) is 0 Å². The number of hydrogen-bond donors (Lipinski definition) is 0. The van der Waals surface area contributed by atoms with Crippen molar-refractivity contribution in [2.24, 2.45) is 0 Å². The van der Waals surface area contributed by atoms with Gasteiger partial charge in [0.2, 0.25) is 17.0 Å². The summed E-state index contributed by atoms with van der Waals surface area (Å²) in [4.78, 5) is 20.5. The zero-order valence-corrected chi connectivity index (χ0v) is 17.9. The highest BCUT2D eigenvalue weighted by molar-refractivity contribution is 6.28. The molecular formula is C21H16ClF3N6O2. The summed E-state index contributed by atoms with van der Waals surface area (Å²) in [6.07, 6.45) is -0.321. The Morgan fingerprint density at radius 1 is 1.09 bits per heavy atom. The van der Waals surface area contributed by atoms with E-state index in [1.54, 1.807) is 30.5 Å². The lowest BCUT2D eigenvalue weighted by molar-refractivity contribution is -0.140. The fraction of sp³-hybridized carbons (Fsp3) is 0.286. The molecular weight excluding hydrogens is 461 g/mol. The second kappa shape index (κ2) is 8.14. The number of pyridine rings is 2. The van der Waals surface area contributed by atoms with E-state index < -0.39 is 11.9 Å². The standard InChI is InChI=1S/C21H16ClF3N6O2/c1-32-18-11(10-33-19-13-3-2-8-26-16(13)29-20(22)30-19)4-7-14(27-18)17-28-15(21(23,24)25)9-31(17)12-5-6-12/h2-4,7-9,12H,5-6,10H2,1H3. The molecule has 0 N–H and O–H groups in total. The first-order chi connectivity index (χ1) is 15.8. The molecule has 8 nitrogen and oxygen atoms in total. The summed E-state index contributed by atoms with van der Waals surface area (Å²) in [5.41, 5.74) is 0.283. The topological polar surface area (TPSA) is 87.8 Å². The molecule has 0 unspecified atom stereocenters. The molecule has 0 aliphatic heterocycles. The van der Waals surface area contributed by atoms with Crippen molar-refractivity contribution < 1.29 is 22.6 Å². The largest absolute Gasteiger partial charge is 0.481 e. The molecule has 0 saturated heterocycles. The molecule has 4 heterocycles. The fourth-order valence-corrected chi connectivity index (χ4v) is 3.55. The Morgan fingerprint density at radius 3 is 2.64 bits per heavy atom. The summed E-state index contributed by atoms with van der Waals surface area (Å²) in [5.74, 6) is 0.590. The summed E-state index contributed by atoms with van der Waals surface area (Å²) >= 11 is 5.96. The van der Waals surface area contributed by atoms with Crippen LogP contribution in [0.3, 0.4) is 0 Å². The zero-order chi connectivity index (χ0) is 23.2. The molecule has 4 aromatic rings. The van der Waals surface area contributed by atoms with Gasteiger partial charge in [-0.25, -0.2) is 15.0 Å². The monoisotopic (exact) mass is 476 g/mol. The smallest absolute Gasteiger partial charge is 0.434 e. The molecule has 0 aromatic carbocycles. The van der Waals surface area contributed by atoms with Crippen LogP contribution in [0.1, 0.15) is 30.1 Å². The highest BCUT2D eigenvalue weighted by atomic mass is 35.5. The predicted molar refractivity (Wildman–Crippen MR) is 112 cm³/mol. The Labute approximate surface area is 190 Å². The molecule has 0 spiro atoms. The Balaban J connectivity index is 1.45. The van der Waals surface area contributed by atoms with Gasteiger partial charge in [0.15, 0.2) is 17.2 Å². The Kier molecular flexibility index (Phi) is 5.28. The normalized spacial score (nSPS) is 14.0. The molecule has 5 rings (SSSR count). The van der Waals surface area contributed by atoms with Gasteiger partial charge in [-0.05, 0) is 48.7 Å². The van der Waals surface area contributed by atoms with Crippen LogP contribution in [0.25, 0.3) is 22.6 Å². The Morgan fingerprint density at radius 2 is 1.91 bits per heavy atom. The summed E-state index contributed by atoms with van der Waals surface area (Å²) in [5, 5.41) is 0.570. The molecule has 1 aliphatic rings. The van der Waals surface area contributed by atoms with Crippen molar-refractivity contribution in [1.29, 1.82) is 0 Å². The first kappa shape index (κ1) is 21.4. The van der Waals surface area contributed by atoms with Crippen LogP contribution in [0.2, 0.25) is 5.28 Å². The summed E-state index contributed by atoms with van der Waals surface area (Å²) in [7, 11) is 1.42. The van der Waals surface area contributed by atoms with Crippen molar-refractivity contribution >= 4 is 22.6 Å². The van der Waals surface area contributed by atoms with Crippen molar-refractivity contribution in [3.8, 4) is 23.3 Å². The van der Waals surface area contributed by atoms with Gasteiger partial charge in [0.1, 0.15) is 12.3 Å². The van der Waals surface area contributed by atoms with Crippen molar-refractivity contribution in [3.05, 3.63) is 53.2 Å². The van der Waals surface area contributed by atoms with E-state index >= 15 is 0 Å². The van der Waals surface area contributed by atoms with Gasteiger partial charge in [0, 0.05) is 18.4 Å². The quantitative estimate of drug-likeness (QED) is 0.366. The van der Waals surface area contributed by atoms with Crippen LogP contribution < -0.4 is 9.47 Å². The average molecular weight is 477 g/mol. The first-order valence-electron chi connectivity index (χ1n) is 9.95. The highest BCUT2D eigenvalue weighted by Crippen LogP contribution is 2.41. The van der Waals surface area contributed by atoms with Gasteiger partial charge in [0.05, 0.1) is 18.1 Å². The minimum absolute atomic E-state index is 0.0102. The van der Waals surface area contributed by atoms with E-state index in [-0.39, 0.29) is 41.2 Å². The lowest BCUT2D eigenvalue weighted by atomic mass is 10.2. The number of methoxy groups -OCH3 is 1. The number of alkyl halides is 3. The third-order valence-corrected chi connectivity index (χ3v) is 5.27. The van der Waals surface area contributed by atoms with Gasteiger partial charge < -0.3 is 14.0 Å². The molecule has 0 atom stereocenters. The Hall–Kier alpha value is -3.47. The molecule has 0 amide bonds. The van der Waals surface area contributed by atoms with Crippen LogP contribution in [-0.2, 0) is 12.8 Å². The van der Waals surface area contributed by atoms with E-state index in [0.29, 0.717) is 16.6 Å². The number of nitrogens with zero attached hydrogens (tertiary/aromatic N) is 6. The van der Waals surface area contributed by atoms with Crippen LogP contribution in [-0.4, -0.2) is 36.6 Å². The maximum atomic E-state index is 13.2. The van der Waals surface area contributed by atoms with Gasteiger partial charge in [-0.15, -0.1) is 0 Å². The second-order valence-electron chi connectivity index (χ2n) is 7.41. The van der Waals surface area contributed by atoms with Crippen LogP contribution in [0.5, 0.6) is 11.8 Å². The number of hydrogen-bond acceptors (Lipinski definition) is 7. The van der Waals surface area contributed by atoms with Crippen LogP contribution >= 0.6 is 11.6 Å². The van der Waals surface area contributed by atoms with E-state index in [1.165, 1.54) is 11.7 Å². The fourth-order valence-electron chi connectivity index (χ4n) is 3.40. The molecule has 170 valence electrons. The summed E-state index contributed by atoms with van der Waals surface area (Å²) < 4.78 is 52.4. The number of halogens is 4. The van der Waals surface area contributed by atoms with Crippen LogP contribution in [0.15, 0.2) is 36.7 Å². The van der Waals surface area contributed by atoms with Crippen molar-refractivity contribution in [1.82, 2.24) is 29.5 Å². The van der Waals surface area contributed by atoms with Gasteiger partial charge in [-0.3, -0.25) is 0 Å². The van der Waals surface area contributed by atoms with Gasteiger partial charge in [0.25, 0.3) is 0 Å². The van der Waals surface area contributed by atoms with Gasteiger partial charge in [-0.1, -0.05) is 0 Å². The zero-order valence-electron chi connectivity index (χ0n) is 17.2. The number of ether oxygens (including phenoxy) is 2. The molecule has 0 radical (unpaired) electrons. The van der Waals surface area contributed by atoms with Gasteiger partial charge in [-0.2, -0.15) is 23.1 Å². The predicted octanol–water partition coefficient (Wildman–Crippen LogP) is 4.88. The van der Waals surface area contributed by atoms with E-state index in [9.17, 15) is 13.2 Å². The SMILES string of the molecule is COc1nc(-c2nc(C(F)(F)F)cn2C2CC2)ccc1COc1nc(Cl)nc2ncccc12.